The zero-order valence-corrected chi connectivity index (χ0v) is 17.6. The number of nitrogens with zero attached hydrogens (tertiary/aromatic N) is 3. The number of nitrogens with one attached hydrogen (secondary N) is 1. The first kappa shape index (κ1) is 19.9. The first-order chi connectivity index (χ1) is 14.0. The Labute approximate surface area is 177 Å². The number of ether oxygens (including phenoxy) is 1. The van der Waals surface area contributed by atoms with Gasteiger partial charge in [-0.2, -0.15) is 9.97 Å². The minimum absolute atomic E-state index is 0.0337. The Balaban J connectivity index is 1.77. The minimum Gasteiger partial charge on any atom is -0.372 e. The van der Waals surface area contributed by atoms with Crippen molar-refractivity contribution in [1.82, 2.24) is 20.3 Å². The van der Waals surface area contributed by atoms with Crippen LogP contribution in [0.15, 0.2) is 29.4 Å². The van der Waals surface area contributed by atoms with Crippen LogP contribution in [0.25, 0.3) is 22.2 Å². The van der Waals surface area contributed by atoms with Gasteiger partial charge in [-0.1, -0.05) is 48.5 Å². The van der Waals surface area contributed by atoms with E-state index in [1.807, 2.05) is 31.2 Å². The van der Waals surface area contributed by atoms with Crippen molar-refractivity contribution in [3.63, 3.8) is 0 Å². The number of nitrogens with two attached hydrogens (primary N) is 1. The summed E-state index contributed by atoms with van der Waals surface area (Å²) in [4.78, 5) is 24.9. The summed E-state index contributed by atoms with van der Waals surface area (Å²) in [6.45, 7) is 2.93. The molecular weight excluding hydrogens is 410 g/mol. The van der Waals surface area contributed by atoms with Gasteiger partial charge in [-0.3, -0.25) is 4.79 Å². The molecule has 0 radical (unpaired) electrons. The Bertz CT molecular complexity index is 1110. The summed E-state index contributed by atoms with van der Waals surface area (Å²) >= 11 is 8.00. The lowest BCUT2D eigenvalue weighted by atomic mass is 9.94. The van der Waals surface area contributed by atoms with Crippen LogP contribution in [-0.2, 0) is 22.7 Å². The van der Waals surface area contributed by atoms with Gasteiger partial charge >= 0.3 is 0 Å². The average molecular weight is 430 g/mol. The van der Waals surface area contributed by atoms with Gasteiger partial charge in [0.25, 0.3) is 0 Å². The molecule has 3 N–H and O–H groups in total. The van der Waals surface area contributed by atoms with Crippen molar-refractivity contribution in [2.75, 3.05) is 18.5 Å². The Morgan fingerprint density at radius 1 is 1.31 bits per heavy atom. The molecule has 0 saturated heterocycles. The van der Waals surface area contributed by atoms with Crippen LogP contribution in [0.1, 0.15) is 18.1 Å². The van der Waals surface area contributed by atoms with E-state index in [9.17, 15) is 4.79 Å². The third-order valence-electron chi connectivity index (χ3n) is 4.81. The first-order valence-electron chi connectivity index (χ1n) is 9.15. The predicted octanol–water partition coefficient (Wildman–Crippen LogP) is 3.43. The number of hydrogen-bond acceptors (Lipinski definition) is 7. The molecule has 1 amide bonds. The fourth-order valence-electron chi connectivity index (χ4n) is 3.42. The number of benzene rings is 2. The highest BCUT2D eigenvalue weighted by Crippen LogP contribution is 2.39. The second-order valence-corrected chi connectivity index (χ2v) is 8.25. The van der Waals surface area contributed by atoms with Gasteiger partial charge in [0, 0.05) is 24.3 Å². The van der Waals surface area contributed by atoms with Crippen molar-refractivity contribution in [3.8, 4) is 11.4 Å². The Morgan fingerprint density at radius 2 is 2.10 bits per heavy atom. The molecule has 2 heterocycles. The van der Waals surface area contributed by atoms with E-state index in [1.165, 1.54) is 11.8 Å². The zero-order chi connectivity index (χ0) is 20.5. The van der Waals surface area contributed by atoms with Crippen molar-refractivity contribution in [1.29, 1.82) is 0 Å². The molecule has 9 heteroatoms. The van der Waals surface area contributed by atoms with Gasteiger partial charge in [0.1, 0.15) is 0 Å². The summed E-state index contributed by atoms with van der Waals surface area (Å²) in [6.07, 6.45) is 0. The smallest absolute Gasteiger partial charge is 0.224 e. The molecule has 0 spiro atoms. The molecule has 150 valence electrons. The molecule has 0 fully saturated rings. The van der Waals surface area contributed by atoms with Gasteiger partial charge in [0.2, 0.25) is 11.9 Å². The third kappa shape index (κ3) is 3.88. The molecule has 1 aliphatic rings. The Kier molecular flexibility index (Phi) is 5.58. The molecule has 0 saturated carbocycles. The van der Waals surface area contributed by atoms with Crippen molar-refractivity contribution in [3.05, 3.63) is 40.4 Å². The summed E-state index contributed by atoms with van der Waals surface area (Å²) in [5.41, 5.74) is 8.85. The van der Waals surface area contributed by atoms with E-state index in [0.29, 0.717) is 35.0 Å². The van der Waals surface area contributed by atoms with E-state index in [-0.39, 0.29) is 17.8 Å². The second-order valence-electron chi connectivity index (χ2n) is 6.85. The van der Waals surface area contributed by atoms with Crippen LogP contribution in [0.2, 0.25) is 5.02 Å². The molecule has 3 aromatic rings. The topological polar surface area (TPSA) is 103 Å². The summed E-state index contributed by atoms with van der Waals surface area (Å²) < 4.78 is 5.65. The lowest BCUT2D eigenvalue weighted by Gasteiger charge is -2.20. The van der Waals surface area contributed by atoms with E-state index in [0.717, 1.165) is 27.5 Å². The minimum atomic E-state index is -0.185. The normalized spacial score (nSPS) is 14.0. The van der Waals surface area contributed by atoms with E-state index in [2.05, 4.69) is 20.3 Å². The second kappa shape index (κ2) is 8.14. The van der Waals surface area contributed by atoms with Crippen LogP contribution < -0.4 is 11.1 Å². The summed E-state index contributed by atoms with van der Waals surface area (Å²) in [6, 6.07) is 7.94. The molecule has 1 atom stereocenters. The molecule has 1 aliphatic heterocycles. The molecule has 29 heavy (non-hydrogen) atoms. The van der Waals surface area contributed by atoms with Crippen molar-refractivity contribution >= 4 is 46.0 Å². The SMILES string of the molecule is CNC(=O)C(C)CSc1nc(N)nc(-c2c(Cl)cc3c4c(cccc24)COC3)n1. The highest BCUT2D eigenvalue weighted by atomic mass is 35.5. The van der Waals surface area contributed by atoms with E-state index in [1.54, 1.807) is 7.05 Å². The maximum atomic E-state index is 11.7. The molecule has 4 rings (SSSR count). The Morgan fingerprint density at radius 3 is 2.90 bits per heavy atom. The van der Waals surface area contributed by atoms with Gasteiger partial charge < -0.3 is 15.8 Å². The molecule has 0 bridgehead atoms. The van der Waals surface area contributed by atoms with Crippen molar-refractivity contribution in [2.24, 2.45) is 5.92 Å². The van der Waals surface area contributed by atoms with Crippen LogP contribution in [-0.4, -0.2) is 33.7 Å². The van der Waals surface area contributed by atoms with E-state index in [4.69, 9.17) is 22.1 Å². The zero-order valence-electron chi connectivity index (χ0n) is 16.0. The molecule has 7 nitrogen and oxygen atoms in total. The maximum absolute atomic E-state index is 11.7. The number of rotatable bonds is 5. The predicted molar refractivity (Wildman–Crippen MR) is 115 cm³/mol. The average Bonchev–Trinajstić information content (AvgIpc) is 2.71. The number of aromatic nitrogens is 3. The lowest BCUT2D eigenvalue weighted by Crippen LogP contribution is -2.26. The van der Waals surface area contributed by atoms with Gasteiger partial charge in [-0.05, 0) is 28.0 Å². The Hall–Kier alpha value is -2.42. The van der Waals surface area contributed by atoms with Crippen LogP contribution in [0.3, 0.4) is 0 Å². The van der Waals surface area contributed by atoms with Gasteiger partial charge in [-0.25, -0.2) is 4.98 Å². The fourth-order valence-corrected chi connectivity index (χ4v) is 4.59. The van der Waals surface area contributed by atoms with Gasteiger partial charge in [0.15, 0.2) is 11.0 Å². The maximum Gasteiger partial charge on any atom is 0.224 e. The number of hydrogen-bond donors (Lipinski definition) is 2. The van der Waals surface area contributed by atoms with E-state index >= 15 is 0 Å². The monoisotopic (exact) mass is 429 g/mol. The van der Waals surface area contributed by atoms with Crippen molar-refractivity contribution < 1.29 is 9.53 Å². The van der Waals surface area contributed by atoms with E-state index < -0.39 is 0 Å². The van der Waals surface area contributed by atoms with Gasteiger partial charge in [0.05, 0.1) is 18.2 Å². The summed E-state index contributed by atoms with van der Waals surface area (Å²) in [5.74, 6) is 0.846. The fraction of sp³-hybridized carbons (Fsp3) is 0.300. The quantitative estimate of drug-likeness (QED) is 0.599. The van der Waals surface area contributed by atoms with Crippen LogP contribution in [0.4, 0.5) is 5.95 Å². The largest absolute Gasteiger partial charge is 0.372 e. The van der Waals surface area contributed by atoms with Gasteiger partial charge in [-0.15, -0.1) is 0 Å². The summed E-state index contributed by atoms with van der Waals surface area (Å²) in [7, 11) is 1.62. The van der Waals surface area contributed by atoms with Crippen molar-refractivity contribution in [2.45, 2.75) is 25.3 Å². The number of carbonyl (C=O) groups excluding carboxylic acids is 1. The number of anilines is 1. The molecule has 1 unspecified atom stereocenters. The number of carbonyl (C=O) groups is 1. The molecule has 2 aromatic carbocycles. The lowest BCUT2D eigenvalue weighted by molar-refractivity contribution is -0.123. The van der Waals surface area contributed by atoms with Crippen LogP contribution in [0.5, 0.6) is 0 Å². The number of nitrogen functional groups attached to an aromatic ring is 1. The third-order valence-corrected chi connectivity index (χ3v) is 6.21. The van der Waals surface area contributed by atoms with Crippen LogP contribution in [0, 0.1) is 5.92 Å². The molecule has 0 aliphatic carbocycles. The molecule has 1 aromatic heterocycles. The number of amides is 1. The standard InChI is InChI=1S/C20H20ClN5O2S/c1-10(18(27)23-2)9-29-20-25-17(24-19(22)26-20)16-13-5-3-4-11-7-28-8-12(15(11)13)6-14(16)21/h3-6,10H,7-9H2,1-2H3,(H,23,27)(H2,22,24,25,26). The number of thioether (sulfide) groups is 1. The highest BCUT2D eigenvalue weighted by Gasteiger charge is 2.21. The highest BCUT2D eigenvalue weighted by molar-refractivity contribution is 7.99. The molecular formula is C20H20ClN5O2S. The first-order valence-corrected chi connectivity index (χ1v) is 10.5. The summed E-state index contributed by atoms with van der Waals surface area (Å²) in [5, 5.41) is 5.73. The van der Waals surface area contributed by atoms with Crippen LogP contribution >= 0.6 is 23.4 Å². The number of halogens is 1.